The normalized spacial score (nSPS) is 12.8. The first kappa shape index (κ1) is 14.4. The molecule has 0 radical (unpaired) electrons. The van der Waals surface area contributed by atoms with Crippen LogP contribution in [0.5, 0.6) is 11.5 Å². The van der Waals surface area contributed by atoms with E-state index in [0.29, 0.717) is 19.8 Å². The molecule has 0 fully saturated rings. The lowest BCUT2D eigenvalue weighted by atomic mass is 10.1. The second-order valence-corrected chi connectivity index (χ2v) is 5.30. The predicted molar refractivity (Wildman–Crippen MR) is 84.6 cm³/mol. The van der Waals surface area contributed by atoms with Gasteiger partial charge in [-0.05, 0) is 42.7 Å². The van der Waals surface area contributed by atoms with Crippen LogP contribution in [-0.4, -0.2) is 25.7 Å². The van der Waals surface area contributed by atoms with Crippen molar-refractivity contribution in [3.63, 3.8) is 0 Å². The van der Waals surface area contributed by atoms with Crippen molar-refractivity contribution < 1.29 is 14.3 Å². The maximum Gasteiger partial charge on any atom is 0.251 e. The summed E-state index contributed by atoms with van der Waals surface area (Å²) in [7, 11) is 0. The number of fused-ring (bicyclic) bond motifs is 1. The van der Waals surface area contributed by atoms with Gasteiger partial charge in [0.25, 0.3) is 5.91 Å². The number of nitrogens with one attached hydrogen (secondary N) is 1. The monoisotopic (exact) mass is 297 g/mol. The maximum absolute atomic E-state index is 12.1. The molecule has 4 heteroatoms. The summed E-state index contributed by atoms with van der Waals surface area (Å²) in [5.74, 6) is 1.54. The zero-order valence-electron chi connectivity index (χ0n) is 12.6. The van der Waals surface area contributed by atoms with Crippen LogP contribution in [0.15, 0.2) is 42.5 Å². The van der Waals surface area contributed by atoms with E-state index in [0.717, 1.165) is 34.6 Å². The molecule has 114 valence electrons. The van der Waals surface area contributed by atoms with E-state index in [1.54, 1.807) is 0 Å². The fourth-order valence-corrected chi connectivity index (χ4v) is 2.49. The lowest BCUT2D eigenvalue weighted by Gasteiger charge is -2.18. The number of benzene rings is 2. The molecule has 0 aliphatic carbocycles. The summed E-state index contributed by atoms with van der Waals surface area (Å²) in [5, 5.41) is 2.96. The SMILES string of the molecule is Cc1ccccc1C(=O)NCCc1ccc2c(c1)OCCO2. The fourth-order valence-electron chi connectivity index (χ4n) is 2.49. The quantitative estimate of drug-likeness (QED) is 0.944. The minimum absolute atomic E-state index is 0.0318. The Labute approximate surface area is 130 Å². The molecule has 0 bridgehead atoms. The van der Waals surface area contributed by atoms with Gasteiger partial charge in [0.1, 0.15) is 13.2 Å². The van der Waals surface area contributed by atoms with Crippen LogP contribution in [-0.2, 0) is 6.42 Å². The van der Waals surface area contributed by atoms with Gasteiger partial charge in [-0.25, -0.2) is 0 Å². The minimum Gasteiger partial charge on any atom is -0.486 e. The molecule has 1 aliphatic rings. The molecule has 0 atom stereocenters. The van der Waals surface area contributed by atoms with Crippen LogP contribution in [0.1, 0.15) is 21.5 Å². The fraction of sp³-hybridized carbons (Fsp3) is 0.278. The van der Waals surface area contributed by atoms with Gasteiger partial charge in [0.05, 0.1) is 0 Å². The largest absolute Gasteiger partial charge is 0.486 e. The molecule has 0 unspecified atom stereocenters. The molecular formula is C18H19NO3. The summed E-state index contributed by atoms with van der Waals surface area (Å²) in [6.45, 7) is 3.71. The lowest BCUT2D eigenvalue weighted by molar-refractivity contribution is 0.0953. The van der Waals surface area contributed by atoms with Crippen molar-refractivity contribution in [1.82, 2.24) is 5.32 Å². The van der Waals surface area contributed by atoms with E-state index in [1.165, 1.54) is 0 Å². The standard InChI is InChI=1S/C18H19NO3/c1-13-4-2-3-5-15(13)18(20)19-9-8-14-6-7-16-17(12-14)22-11-10-21-16/h2-7,12H,8-11H2,1H3,(H,19,20). The highest BCUT2D eigenvalue weighted by Gasteiger charge is 2.12. The summed E-state index contributed by atoms with van der Waals surface area (Å²) in [4.78, 5) is 12.1. The molecule has 1 N–H and O–H groups in total. The Bertz CT molecular complexity index is 682. The summed E-state index contributed by atoms with van der Waals surface area (Å²) < 4.78 is 11.1. The van der Waals surface area contributed by atoms with Crippen molar-refractivity contribution in [3.8, 4) is 11.5 Å². The van der Waals surface area contributed by atoms with Gasteiger partial charge in [-0.2, -0.15) is 0 Å². The zero-order chi connectivity index (χ0) is 15.4. The van der Waals surface area contributed by atoms with E-state index < -0.39 is 0 Å². The number of aryl methyl sites for hydroxylation is 1. The van der Waals surface area contributed by atoms with Gasteiger partial charge in [0.2, 0.25) is 0 Å². The van der Waals surface area contributed by atoms with Crippen LogP contribution in [0.4, 0.5) is 0 Å². The van der Waals surface area contributed by atoms with E-state index >= 15 is 0 Å². The molecule has 1 heterocycles. The zero-order valence-corrected chi connectivity index (χ0v) is 12.6. The van der Waals surface area contributed by atoms with Gasteiger partial charge < -0.3 is 14.8 Å². The van der Waals surface area contributed by atoms with Crippen molar-refractivity contribution in [2.45, 2.75) is 13.3 Å². The number of carbonyl (C=O) groups excluding carboxylic acids is 1. The smallest absolute Gasteiger partial charge is 0.251 e. The third-order valence-electron chi connectivity index (χ3n) is 3.70. The van der Waals surface area contributed by atoms with Gasteiger partial charge in [-0.3, -0.25) is 4.79 Å². The molecule has 2 aromatic rings. The molecule has 4 nitrogen and oxygen atoms in total. The van der Waals surface area contributed by atoms with Gasteiger partial charge in [0, 0.05) is 12.1 Å². The van der Waals surface area contributed by atoms with E-state index in [9.17, 15) is 4.79 Å². The molecular weight excluding hydrogens is 278 g/mol. The Kier molecular flexibility index (Phi) is 4.28. The highest BCUT2D eigenvalue weighted by Crippen LogP contribution is 2.30. The first-order valence-electron chi connectivity index (χ1n) is 7.46. The highest BCUT2D eigenvalue weighted by atomic mass is 16.6. The number of hydrogen-bond donors (Lipinski definition) is 1. The summed E-state index contributed by atoms with van der Waals surface area (Å²) in [5.41, 5.74) is 2.83. The Hall–Kier alpha value is -2.49. The molecule has 1 aliphatic heterocycles. The number of amides is 1. The average Bonchev–Trinajstić information content (AvgIpc) is 2.55. The number of rotatable bonds is 4. The van der Waals surface area contributed by atoms with Gasteiger partial charge >= 0.3 is 0 Å². The van der Waals surface area contributed by atoms with Crippen molar-refractivity contribution in [2.24, 2.45) is 0 Å². The van der Waals surface area contributed by atoms with Crippen molar-refractivity contribution >= 4 is 5.91 Å². The molecule has 0 aromatic heterocycles. The second-order valence-electron chi connectivity index (χ2n) is 5.30. The predicted octanol–water partition coefficient (Wildman–Crippen LogP) is 2.74. The molecule has 0 saturated carbocycles. The summed E-state index contributed by atoms with van der Waals surface area (Å²) in [6, 6.07) is 13.5. The second kappa shape index (κ2) is 6.52. The summed E-state index contributed by atoms with van der Waals surface area (Å²) in [6.07, 6.45) is 0.758. The van der Waals surface area contributed by atoms with Crippen molar-refractivity contribution in [3.05, 3.63) is 59.2 Å². The van der Waals surface area contributed by atoms with E-state index in [2.05, 4.69) is 5.32 Å². The average molecular weight is 297 g/mol. The molecule has 3 rings (SSSR count). The van der Waals surface area contributed by atoms with Crippen LogP contribution < -0.4 is 14.8 Å². The van der Waals surface area contributed by atoms with Gasteiger partial charge in [-0.15, -0.1) is 0 Å². The van der Waals surface area contributed by atoms with Crippen LogP contribution in [0, 0.1) is 6.92 Å². The Balaban J connectivity index is 1.57. The molecule has 2 aromatic carbocycles. The van der Waals surface area contributed by atoms with Crippen LogP contribution in [0.2, 0.25) is 0 Å². The number of hydrogen-bond acceptors (Lipinski definition) is 3. The Morgan fingerprint density at radius 3 is 2.68 bits per heavy atom. The Morgan fingerprint density at radius 2 is 1.86 bits per heavy atom. The highest BCUT2D eigenvalue weighted by molar-refractivity contribution is 5.95. The lowest BCUT2D eigenvalue weighted by Crippen LogP contribution is -2.26. The van der Waals surface area contributed by atoms with Gasteiger partial charge in [-0.1, -0.05) is 24.3 Å². The number of ether oxygens (including phenoxy) is 2. The van der Waals surface area contributed by atoms with Crippen LogP contribution in [0.3, 0.4) is 0 Å². The van der Waals surface area contributed by atoms with E-state index in [1.807, 2.05) is 49.4 Å². The van der Waals surface area contributed by atoms with Crippen molar-refractivity contribution in [1.29, 1.82) is 0 Å². The molecule has 0 saturated heterocycles. The first-order valence-corrected chi connectivity index (χ1v) is 7.46. The van der Waals surface area contributed by atoms with Gasteiger partial charge in [0.15, 0.2) is 11.5 Å². The third-order valence-corrected chi connectivity index (χ3v) is 3.70. The molecule has 22 heavy (non-hydrogen) atoms. The van der Waals surface area contributed by atoms with Crippen molar-refractivity contribution in [2.75, 3.05) is 19.8 Å². The topological polar surface area (TPSA) is 47.6 Å². The number of carbonyl (C=O) groups is 1. The van der Waals surface area contributed by atoms with E-state index in [-0.39, 0.29) is 5.91 Å². The first-order chi connectivity index (χ1) is 10.7. The molecule has 0 spiro atoms. The maximum atomic E-state index is 12.1. The van der Waals surface area contributed by atoms with Crippen LogP contribution >= 0.6 is 0 Å². The van der Waals surface area contributed by atoms with E-state index in [4.69, 9.17) is 9.47 Å². The summed E-state index contributed by atoms with van der Waals surface area (Å²) >= 11 is 0. The Morgan fingerprint density at radius 1 is 1.09 bits per heavy atom. The minimum atomic E-state index is -0.0318. The molecule has 1 amide bonds. The van der Waals surface area contributed by atoms with Crippen LogP contribution in [0.25, 0.3) is 0 Å². The third kappa shape index (κ3) is 3.22.